The van der Waals surface area contributed by atoms with Gasteiger partial charge in [0, 0.05) is 28.4 Å². The molecule has 3 nitrogen and oxygen atoms in total. The molecule has 1 amide bonds. The second kappa shape index (κ2) is 6.42. The van der Waals surface area contributed by atoms with Crippen LogP contribution in [0.15, 0.2) is 47.8 Å². The molecule has 23 heavy (non-hydrogen) atoms. The lowest BCUT2D eigenvalue weighted by Crippen LogP contribution is -2.13. The van der Waals surface area contributed by atoms with Crippen molar-refractivity contribution in [2.75, 3.05) is 0 Å². The van der Waals surface area contributed by atoms with Crippen molar-refractivity contribution in [3.05, 3.63) is 70.4 Å². The van der Waals surface area contributed by atoms with Gasteiger partial charge in [-0.2, -0.15) is 0 Å². The molecule has 0 aliphatic carbocycles. The van der Waals surface area contributed by atoms with E-state index in [0.717, 1.165) is 34.8 Å². The Balaban J connectivity index is 2.01. The van der Waals surface area contributed by atoms with E-state index in [1.165, 1.54) is 5.56 Å². The minimum Gasteiger partial charge on any atom is -0.366 e. The van der Waals surface area contributed by atoms with Gasteiger partial charge >= 0.3 is 0 Å². The Bertz CT molecular complexity index is 817. The fourth-order valence-corrected chi connectivity index (χ4v) is 3.96. The van der Waals surface area contributed by atoms with Gasteiger partial charge in [0.05, 0.1) is 5.56 Å². The monoisotopic (exact) mass is 324 g/mol. The molecule has 0 fully saturated rings. The van der Waals surface area contributed by atoms with Crippen LogP contribution < -0.4 is 5.73 Å². The summed E-state index contributed by atoms with van der Waals surface area (Å²) in [5.41, 5.74) is 10.6. The summed E-state index contributed by atoms with van der Waals surface area (Å²) in [6.07, 6.45) is 0.930. The van der Waals surface area contributed by atoms with E-state index >= 15 is 0 Å². The maximum Gasteiger partial charge on any atom is 0.251 e. The summed E-state index contributed by atoms with van der Waals surface area (Å²) < 4.78 is 2.21. The molecule has 0 atom stereocenters. The minimum absolute atomic E-state index is 0.354. The largest absolute Gasteiger partial charge is 0.366 e. The topological polar surface area (TPSA) is 48.0 Å². The Morgan fingerprint density at radius 1 is 1.09 bits per heavy atom. The fourth-order valence-electron chi connectivity index (χ4n) is 3.13. The highest BCUT2D eigenvalue weighted by atomic mass is 32.1. The lowest BCUT2D eigenvalue weighted by molar-refractivity contribution is 0.1000. The van der Waals surface area contributed by atoms with E-state index in [4.69, 9.17) is 5.73 Å². The molecule has 0 aliphatic heterocycles. The molecule has 2 N–H and O–H groups in total. The third kappa shape index (κ3) is 2.94. The number of primary amides is 1. The SMILES string of the molecule is Cc1c(C(N)=O)c(-c2cccs2)c(C)n1CCc1ccccc1. The summed E-state index contributed by atoms with van der Waals surface area (Å²) in [6, 6.07) is 14.4. The Labute approximate surface area is 140 Å². The standard InChI is InChI=1S/C19H20N2OS/c1-13-17(16-9-6-12-23-16)18(19(20)22)14(2)21(13)11-10-15-7-4-3-5-8-15/h3-9,12H,10-11H2,1-2H3,(H2,20,22). The van der Waals surface area contributed by atoms with Crippen LogP contribution in [-0.4, -0.2) is 10.5 Å². The summed E-state index contributed by atoms with van der Waals surface area (Å²) in [5, 5.41) is 2.02. The molecule has 1 aromatic carbocycles. The van der Waals surface area contributed by atoms with Crippen molar-refractivity contribution in [2.45, 2.75) is 26.8 Å². The van der Waals surface area contributed by atoms with Gasteiger partial charge in [-0.1, -0.05) is 36.4 Å². The lowest BCUT2D eigenvalue weighted by Gasteiger charge is -2.10. The molecule has 2 heterocycles. The number of rotatable bonds is 5. The van der Waals surface area contributed by atoms with E-state index in [-0.39, 0.29) is 5.91 Å². The second-order valence-electron chi connectivity index (χ2n) is 5.65. The molecule has 0 unspecified atom stereocenters. The number of hydrogen-bond donors (Lipinski definition) is 1. The molecule has 2 aromatic heterocycles. The Hall–Kier alpha value is -2.33. The van der Waals surface area contributed by atoms with Crippen LogP contribution in [0, 0.1) is 13.8 Å². The van der Waals surface area contributed by atoms with Crippen molar-refractivity contribution in [2.24, 2.45) is 5.73 Å². The highest BCUT2D eigenvalue weighted by Crippen LogP contribution is 2.35. The molecule has 0 radical (unpaired) electrons. The summed E-state index contributed by atoms with van der Waals surface area (Å²) in [6.45, 7) is 4.89. The highest BCUT2D eigenvalue weighted by Gasteiger charge is 2.22. The zero-order valence-corrected chi connectivity index (χ0v) is 14.2. The average molecular weight is 324 g/mol. The molecule has 0 saturated carbocycles. The number of hydrogen-bond acceptors (Lipinski definition) is 2. The van der Waals surface area contributed by atoms with Crippen LogP contribution in [0.2, 0.25) is 0 Å². The third-order valence-electron chi connectivity index (χ3n) is 4.26. The van der Waals surface area contributed by atoms with Crippen LogP contribution in [-0.2, 0) is 13.0 Å². The molecule has 0 aliphatic rings. The average Bonchev–Trinajstić information content (AvgIpc) is 3.13. The molecule has 118 valence electrons. The second-order valence-corrected chi connectivity index (χ2v) is 6.60. The predicted octanol–water partition coefficient (Wildman–Crippen LogP) is 4.18. The van der Waals surface area contributed by atoms with Gasteiger partial charge in [0.1, 0.15) is 0 Å². The fraction of sp³-hybridized carbons (Fsp3) is 0.211. The minimum atomic E-state index is -0.354. The first kappa shape index (κ1) is 15.6. The van der Waals surface area contributed by atoms with Crippen LogP contribution in [0.4, 0.5) is 0 Å². The molecule has 3 aromatic rings. The van der Waals surface area contributed by atoms with E-state index < -0.39 is 0 Å². The van der Waals surface area contributed by atoms with Crippen molar-refractivity contribution >= 4 is 17.2 Å². The van der Waals surface area contributed by atoms with Crippen LogP contribution in [0.1, 0.15) is 27.3 Å². The number of carbonyl (C=O) groups is 1. The molecule has 3 rings (SSSR count). The van der Waals surface area contributed by atoms with Gasteiger partial charge in [0.25, 0.3) is 5.91 Å². The molecular weight excluding hydrogens is 304 g/mol. The van der Waals surface area contributed by atoms with E-state index in [2.05, 4.69) is 35.8 Å². The van der Waals surface area contributed by atoms with E-state index in [0.29, 0.717) is 5.56 Å². The third-order valence-corrected chi connectivity index (χ3v) is 5.15. The number of nitrogens with zero attached hydrogens (tertiary/aromatic N) is 1. The van der Waals surface area contributed by atoms with E-state index in [1.54, 1.807) is 11.3 Å². The summed E-state index contributed by atoms with van der Waals surface area (Å²) in [5.74, 6) is -0.354. The maximum atomic E-state index is 12.0. The smallest absolute Gasteiger partial charge is 0.251 e. The van der Waals surface area contributed by atoms with Gasteiger partial charge in [0.2, 0.25) is 0 Å². The molecule has 0 spiro atoms. The molecular formula is C19H20N2OS. The summed E-state index contributed by atoms with van der Waals surface area (Å²) in [7, 11) is 0. The molecule has 0 bridgehead atoms. The van der Waals surface area contributed by atoms with Gasteiger partial charge in [-0.3, -0.25) is 4.79 Å². The summed E-state index contributed by atoms with van der Waals surface area (Å²) in [4.78, 5) is 13.1. The van der Waals surface area contributed by atoms with Gasteiger partial charge < -0.3 is 10.3 Å². The molecule has 0 saturated heterocycles. The van der Waals surface area contributed by atoms with Gasteiger partial charge in [-0.15, -0.1) is 11.3 Å². The number of carbonyl (C=O) groups excluding carboxylic acids is 1. The van der Waals surface area contributed by atoms with Crippen molar-refractivity contribution in [3.8, 4) is 10.4 Å². The summed E-state index contributed by atoms with van der Waals surface area (Å²) >= 11 is 1.64. The Morgan fingerprint density at radius 2 is 1.83 bits per heavy atom. The number of thiophene rings is 1. The van der Waals surface area contributed by atoms with Gasteiger partial charge in [-0.05, 0) is 37.3 Å². The van der Waals surface area contributed by atoms with Crippen molar-refractivity contribution < 1.29 is 4.79 Å². The van der Waals surface area contributed by atoms with Crippen LogP contribution >= 0.6 is 11.3 Å². The number of nitrogens with two attached hydrogens (primary N) is 1. The maximum absolute atomic E-state index is 12.0. The highest BCUT2D eigenvalue weighted by molar-refractivity contribution is 7.13. The normalized spacial score (nSPS) is 10.9. The zero-order chi connectivity index (χ0) is 16.4. The van der Waals surface area contributed by atoms with Crippen molar-refractivity contribution in [1.82, 2.24) is 4.57 Å². The quantitative estimate of drug-likeness (QED) is 0.752. The van der Waals surface area contributed by atoms with Crippen molar-refractivity contribution in [1.29, 1.82) is 0 Å². The van der Waals surface area contributed by atoms with Gasteiger partial charge in [-0.25, -0.2) is 0 Å². The first-order valence-electron chi connectivity index (χ1n) is 7.67. The van der Waals surface area contributed by atoms with Crippen LogP contribution in [0.5, 0.6) is 0 Å². The predicted molar refractivity (Wildman–Crippen MR) is 95.9 cm³/mol. The van der Waals surface area contributed by atoms with E-state index in [1.807, 2.05) is 30.5 Å². The number of benzene rings is 1. The van der Waals surface area contributed by atoms with Crippen LogP contribution in [0.3, 0.4) is 0 Å². The van der Waals surface area contributed by atoms with Crippen molar-refractivity contribution in [3.63, 3.8) is 0 Å². The number of aryl methyl sites for hydroxylation is 1. The first-order chi connectivity index (χ1) is 11.1. The zero-order valence-electron chi connectivity index (χ0n) is 13.4. The Morgan fingerprint density at radius 3 is 2.43 bits per heavy atom. The first-order valence-corrected chi connectivity index (χ1v) is 8.55. The van der Waals surface area contributed by atoms with Gasteiger partial charge in [0.15, 0.2) is 0 Å². The Kier molecular flexibility index (Phi) is 4.35. The van der Waals surface area contributed by atoms with Crippen LogP contribution in [0.25, 0.3) is 10.4 Å². The number of aromatic nitrogens is 1. The lowest BCUT2D eigenvalue weighted by atomic mass is 10.1. The number of amides is 1. The molecule has 4 heteroatoms. The van der Waals surface area contributed by atoms with E-state index in [9.17, 15) is 4.79 Å².